The predicted octanol–water partition coefficient (Wildman–Crippen LogP) is 16.4. The number of aromatic nitrogens is 2. The highest BCUT2D eigenvalue weighted by atomic mass is 32.1. The summed E-state index contributed by atoms with van der Waals surface area (Å²) in [6, 6.07) is 76.6. The van der Waals surface area contributed by atoms with Crippen LogP contribution in [-0.4, -0.2) is 9.13 Å². The van der Waals surface area contributed by atoms with E-state index in [9.17, 15) is 0 Å². The van der Waals surface area contributed by atoms with E-state index in [1.165, 1.54) is 130 Å². The van der Waals surface area contributed by atoms with Crippen molar-refractivity contribution < 1.29 is 0 Å². The van der Waals surface area contributed by atoms with Gasteiger partial charge in [0.15, 0.2) is 0 Å². The van der Waals surface area contributed by atoms with Crippen LogP contribution in [0.3, 0.4) is 0 Å². The van der Waals surface area contributed by atoms with E-state index in [4.69, 9.17) is 0 Å². The summed E-state index contributed by atoms with van der Waals surface area (Å²) in [4.78, 5) is 0. The summed E-state index contributed by atoms with van der Waals surface area (Å²) >= 11 is 1.88. The van der Waals surface area contributed by atoms with Crippen LogP contribution < -0.4 is 0 Å². The van der Waals surface area contributed by atoms with Gasteiger partial charge in [-0.3, -0.25) is 0 Å². The molecule has 0 N–H and O–H groups in total. The molecule has 1 aliphatic rings. The maximum atomic E-state index is 2.47. The molecule has 3 aromatic heterocycles. The van der Waals surface area contributed by atoms with Crippen molar-refractivity contribution in [2.45, 2.75) is 0 Å². The van der Waals surface area contributed by atoms with Crippen molar-refractivity contribution in [3.63, 3.8) is 0 Å². The number of hydrogen-bond donors (Lipinski definition) is 0. The Morgan fingerprint density at radius 2 is 0.754 bits per heavy atom. The molecule has 14 rings (SSSR count). The van der Waals surface area contributed by atoms with Crippen LogP contribution in [0.15, 0.2) is 206 Å². The van der Waals surface area contributed by atoms with Crippen LogP contribution in [0.5, 0.6) is 0 Å². The molecule has 0 unspecified atom stereocenters. The molecular formula is C58H34N2S. The molecule has 0 amide bonds. The number of para-hydroxylation sites is 2. The largest absolute Gasteiger partial charge is 0.309 e. The molecule has 1 aliphatic carbocycles. The topological polar surface area (TPSA) is 9.86 Å². The average molecular weight is 791 g/mol. The highest BCUT2D eigenvalue weighted by Gasteiger charge is 2.24. The molecule has 0 spiro atoms. The Morgan fingerprint density at radius 3 is 1.43 bits per heavy atom. The van der Waals surface area contributed by atoms with Gasteiger partial charge in [0.2, 0.25) is 0 Å². The lowest BCUT2D eigenvalue weighted by Crippen LogP contribution is -1.95. The molecule has 0 bridgehead atoms. The molecule has 0 saturated carbocycles. The van der Waals surface area contributed by atoms with Crippen molar-refractivity contribution in [1.82, 2.24) is 9.13 Å². The predicted molar refractivity (Wildman–Crippen MR) is 261 cm³/mol. The van der Waals surface area contributed by atoms with Crippen molar-refractivity contribution >= 4 is 85.9 Å². The van der Waals surface area contributed by atoms with E-state index in [1.54, 1.807) is 0 Å². The summed E-state index contributed by atoms with van der Waals surface area (Å²) in [5.74, 6) is 0. The minimum atomic E-state index is 1.21. The zero-order valence-corrected chi connectivity index (χ0v) is 33.7. The molecule has 282 valence electrons. The number of fused-ring (bicyclic) bond motifs is 12. The molecule has 13 aromatic rings. The molecule has 61 heavy (non-hydrogen) atoms. The van der Waals surface area contributed by atoms with Gasteiger partial charge in [-0.05, 0) is 104 Å². The number of benzene rings is 10. The number of hydrogen-bond acceptors (Lipinski definition) is 1. The Bertz CT molecular complexity index is 3960. The smallest absolute Gasteiger partial charge is 0.0640 e. The molecule has 10 aromatic carbocycles. The molecule has 0 fully saturated rings. The Labute approximate surface area is 355 Å². The third-order valence-electron chi connectivity index (χ3n) is 13.3. The molecule has 3 heterocycles. The van der Waals surface area contributed by atoms with Crippen molar-refractivity contribution in [2.24, 2.45) is 0 Å². The normalized spacial score (nSPS) is 12.3. The monoisotopic (exact) mass is 790 g/mol. The van der Waals surface area contributed by atoms with E-state index in [1.807, 2.05) is 11.3 Å². The Morgan fingerprint density at radius 1 is 0.279 bits per heavy atom. The third kappa shape index (κ3) is 4.61. The second-order valence-corrected chi connectivity index (χ2v) is 17.5. The van der Waals surface area contributed by atoms with E-state index in [0.717, 1.165) is 0 Å². The van der Waals surface area contributed by atoms with Crippen LogP contribution in [0.2, 0.25) is 0 Å². The van der Waals surface area contributed by atoms with Gasteiger partial charge in [-0.25, -0.2) is 0 Å². The van der Waals surface area contributed by atoms with Crippen LogP contribution in [0, 0.1) is 0 Å². The van der Waals surface area contributed by atoms with E-state index < -0.39 is 0 Å². The molecule has 3 heteroatoms. The number of rotatable bonds is 4. The lowest BCUT2D eigenvalue weighted by atomic mass is 9.98. The lowest BCUT2D eigenvalue weighted by Gasteiger charge is -2.13. The Kier molecular flexibility index (Phi) is 6.74. The minimum absolute atomic E-state index is 1.21. The van der Waals surface area contributed by atoms with Crippen molar-refractivity contribution in [3.05, 3.63) is 206 Å². The number of nitrogens with zero attached hydrogens (tertiary/aromatic N) is 2. The van der Waals surface area contributed by atoms with Crippen LogP contribution in [0.25, 0.3) is 130 Å². The first kappa shape index (κ1) is 33.1. The fourth-order valence-electron chi connectivity index (χ4n) is 10.6. The van der Waals surface area contributed by atoms with Gasteiger partial charge in [0.25, 0.3) is 0 Å². The highest BCUT2D eigenvalue weighted by Crippen LogP contribution is 2.49. The van der Waals surface area contributed by atoms with Gasteiger partial charge in [0.1, 0.15) is 0 Å². The summed E-state index contributed by atoms with van der Waals surface area (Å²) in [6.07, 6.45) is 0. The zero-order valence-electron chi connectivity index (χ0n) is 32.9. The highest BCUT2D eigenvalue weighted by molar-refractivity contribution is 7.26. The Hall–Kier alpha value is -7.72. The molecule has 0 saturated heterocycles. The first-order chi connectivity index (χ1) is 30.3. The van der Waals surface area contributed by atoms with E-state index in [-0.39, 0.29) is 0 Å². The second kappa shape index (κ2) is 12.4. The van der Waals surface area contributed by atoms with Crippen molar-refractivity contribution in [1.29, 1.82) is 0 Å². The number of thiophene rings is 1. The van der Waals surface area contributed by atoms with E-state index in [2.05, 4.69) is 215 Å². The molecular weight excluding hydrogens is 757 g/mol. The quantitative estimate of drug-likeness (QED) is 0.168. The summed E-state index contributed by atoms with van der Waals surface area (Å²) in [5.41, 5.74) is 17.5. The van der Waals surface area contributed by atoms with Crippen molar-refractivity contribution in [3.8, 4) is 55.9 Å². The summed E-state index contributed by atoms with van der Waals surface area (Å²) in [5, 5.41) is 10.3. The van der Waals surface area contributed by atoms with Gasteiger partial charge in [0.05, 0.1) is 38.1 Å². The van der Waals surface area contributed by atoms with Crippen molar-refractivity contribution in [2.75, 3.05) is 0 Å². The molecule has 0 aliphatic heterocycles. The standard InChI is InChI=1S/C58H34N2S/c1-2-12-40-39(11-1)44-16-9-18-47-52(32-29-45(40)57(44)47)59-50-19-6-3-13-41(50)48-33-37(27-30-53(48)59)35-23-25-36(26-24-35)38-28-31-54-49(34-38)42-14-4-7-20-51(42)60(54)55-21-10-17-46-43-15-5-8-22-56(43)61-58(46)55/h1-34H. The average Bonchev–Trinajstić information content (AvgIpc) is 4.06. The maximum absolute atomic E-state index is 2.47. The van der Waals surface area contributed by atoms with Gasteiger partial charge in [-0.1, -0.05) is 152 Å². The second-order valence-electron chi connectivity index (χ2n) is 16.4. The molecule has 0 atom stereocenters. The Balaban J connectivity index is 0.864. The van der Waals surface area contributed by atoms with Gasteiger partial charge in [0, 0.05) is 42.4 Å². The van der Waals surface area contributed by atoms with E-state index in [0.29, 0.717) is 0 Å². The minimum Gasteiger partial charge on any atom is -0.309 e. The fraction of sp³-hybridized carbons (Fsp3) is 0. The van der Waals surface area contributed by atoms with Gasteiger partial charge >= 0.3 is 0 Å². The third-order valence-corrected chi connectivity index (χ3v) is 14.5. The van der Waals surface area contributed by atoms with E-state index >= 15 is 0 Å². The maximum Gasteiger partial charge on any atom is 0.0640 e. The van der Waals surface area contributed by atoms with Crippen LogP contribution in [-0.2, 0) is 0 Å². The van der Waals surface area contributed by atoms with Crippen LogP contribution in [0.4, 0.5) is 0 Å². The zero-order chi connectivity index (χ0) is 39.8. The fourth-order valence-corrected chi connectivity index (χ4v) is 11.8. The first-order valence-electron chi connectivity index (χ1n) is 21.0. The summed E-state index contributed by atoms with van der Waals surface area (Å²) < 4.78 is 7.58. The summed E-state index contributed by atoms with van der Waals surface area (Å²) in [6.45, 7) is 0. The molecule has 2 nitrogen and oxygen atoms in total. The first-order valence-corrected chi connectivity index (χ1v) is 21.8. The van der Waals surface area contributed by atoms with Gasteiger partial charge in [-0.2, -0.15) is 0 Å². The van der Waals surface area contributed by atoms with Gasteiger partial charge in [-0.15, -0.1) is 11.3 Å². The summed E-state index contributed by atoms with van der Waals surface area (Å²) in [7, 11) is 0. The molecule has 0 radical (unpaired) electrons. The van der Waals surface area contributed by atoms with Gasteiger partial charge < -0.3 is 9.13 Å². The SMILES string of the molecule is c1ccc2c(c1)-c1cccc3c(-n4c5ccccc5c5cc(-c6ccc(-c7ccc8c(c7)c7ccccc7n8-c7cccc8c7sc7ccccc78)cc6)ccc54)ccc-2c13. The van der Waals surface area contributed by atoms with Crippen LogP contribution in [0.1, 0.15) is 0 Å². The van der Waals surface area contributed by atoms with Crippen LogP contribution >= 0.6 is 11.3 Å². The lowest BCUT2D eigenvalue weighted by molar-refractivity contribution is 1.20.